The molecular weight excluding hydrogens is 409 g/mol. The van der Waals surface area contributed by atoms with Gasteiger partial charge in [-0.05, 0) is 12.1 Å². The molecule has 9 heteroatoms. The molecule has 0 aliphatic carbocycles. The zero-order valence-electron chi connectivity index (χ0n) is 13.5. The molecule has 0 aromatic carbocycles. The van der Waals surface area contributed by atoms with Crippen molar-refractivity contribution in [1.82, 2.24) is 30.0 Å². The normalized spacial score (nSPS) is 10.8. The number of aromatic nitrogens is 4. The molecule has 0 aliphatic heterocycles. The van der Waals surface area contributed by atoms with Crippen LogP contribution in [0.5, 0.6) is 5.75 Å². The van der Waals surface area contributed by atoms with Gasteiger partial charge in [0.1, 0.15) is 24.5 Å². The van der Waals surface area contributed by atoms with Gasteiger partial charge in [-0.2, -0.15) is 5.10 Å². The average molecular weight is 431 g/mol. The largest absolute Gasteiger partial charge is 0.490 e. The molecule has 0 amide bonds. The van der Waals surface area contributed by atoms with Crippen LogP contribution in [0.4, 0.5) is 0 Å². The highest BCUT2D eigenvalue weighted by molar-refractivity contribution is 14.0. The van der Waals surface area contributed by atoms with E-state index in [4.69, 9.17) is 4.74 Å². The summed E-state index contributed by atoms with van der Waals surface area (Å²) in [6, 6.07) is 3.72. The number of hydrogen-bond acceptors (Lipinski definition) is 5. The second-order valence-corrected chi connectivity index (χ2v) is 4.67. The number of nitrogens with zero attached hydrogens (tertiary/aromatic N) is 6. The lowest BCUT2D eigenvalue weighted by Crippen LogP contribution is -2.40. The molecule has 0 radical (unpaired) electrons. The number of pyridine rings is 1. The Kier molecular flexibility index (Phi) is 8.30. The van der Waals surface area contributed by atoms with Crippen LogP contribution in [0.2, 0.25) is 0 Å². The molecule has 0 unspecified atom stereocenters. The second kappa shape index (κ2) is 9.98. The van der Waals surface area contributed by atoms with Crippen LogP contribution in [-0.4, -0.2) is 57.9 Å². The lowest BCUT2D eigenvalue weighted by atomic mass is 10.5. The monoisotopic (exact) mass is 431 g/mol. The molecule has 23 heavy (non-hydrogen) atoms. The van der Waals surface area contributed by atoms with Gasteiger partial charge in [-0.25, -0.2) is 4.98 Å². The van der Waals surface area contributed by atoms with Gasteiger partial charge in [-0.15, -0.1) is 24.0 Å². The van der Waals surface area contributed by atoms with Gasteiger partial charge in [0, 0.05) is 27.3 Å². The van der Waals surface area contributed by atoms with E-state index < -0.39 is 0 Å². The highest BCUT2D eigenvalue weighted by Crippen LogP contribution is 2.05. The maximum atomic E-state index is 5.58. The fraction of sp³-hybridized carbons (Fsp3) is 0.429. The predicted molar refractivity (Wildman–Crippen MR) is 99.0 cm³/mol. The van der Waals surface area contributed by atoms with Gasteiger partial charge < -0.3 is 15.0 Å². The molecule has 0 bridgehead atoms. The summed E-state index contributed by atoms with van der Waals surface area (Å²) in [4.78, 5) is 14.4. The molecule has 126 valence electrons. The molecule has 0 fully saturated rings. The van der Waals surface area contributed by atoms with Gasteiger partial charge >= 0.3 is 0 Å². The zero-order chi connectivity index (χ0) is 15.8. The summed E-state index contributed by atoms with van der Waals surface area (Å²) in [6.07, 6.45) is 4.95. The number of halogens is 1. The summed E-state index contributed by atoms with van der Waals surface area (Å²) >= 11 is 0. The van der Waals surface area contributed by atoms with Crippen molar-refractivity contribution in [2.45, 2.75) is 6.54 Å². The highest BCUT2D eigenvalue weighted by atomic mass is 127. The number of rotatable bonds is 6. The number of aliphatic imine (C=N–C) groups is 1. The van der Waals surface area contributed by atoms with Gasteiger partial charge in [-0.1, -0.05) is 0 Å². The number of aryl methyl sites for hydroxylation is 1. The first-order valence-corrected chi connectivity index (χ1v) is 6.98. The molecule has 2 aromatic rings. The minimum atomic E-state index is 0. The summed E-state index contributed by atoms with van der Waals surface area (Å²) in [5.41, 5.74) is 0. The summed E-state index contributed by atoms with van der Waals surface area (Å²) in [5.74, 6) is 2.40. The lowest BCUT2D eigenvalue weighted by molar-refractivity contribution is 0.317. The summed E-state index contributed by atoms with van der Waals surface area (Å²) in [5, 5.41) is 7.30. The molecule has 0 saturated carbocycles. The smallest absolute Gasteiger partial charge is 0.193 e. The molecule has 0 aliphatic rings. The number of nitrogens with one attached hydrogen (secondary N) is 1. The Labute approximate surface area is 153 Å². The van der Waals surface area contributed by atoms with Crippen molar-refractivity contribution >= 4 is 29.9 Å². The Morgan fingerprint density at radius 3 is 2.91 bits per heavy atom. The third-order valence-corrected chi connectivity index (χ3v) is 3.05. The third-order valence-electron chi connectivity index (χ3n) is 3.05. The average Bonchev–Trinajstić information content (AvgIpc) is 2.93. The summed E-state index contributed by atoms with van der Waals surface area (Å²) in [7, 11) is 5.57. The predicted octanol–water partition coefficient (Wildman–Crippen LogP) is 0.914. The Morgan fingerprint density at radius 1 is 1.48 bits per heavy atom. The molecular formula is C14H22IN7O. The summed E-state index contributed by atoms with van der Waals surface area (Å²) in [6.45, 7) is 1.80. The number of hydrogen-bond donors (Lipinski definition) is 1. The van der Waals surface area contributed by atoms with E-state index in [-0.39, 0.29) is 24.0 Å². The number of guanidine groups is 1. The van der Waals surface area contributed by atoms with Crippen LogP contribution >= 0.6 is 24.0 Å². The van der Waals surface area contributed by atoms with E-state index in [1.807, 2.05) is 31.1 Å². The van der Waals surface area contributed by atoms with Gasteiger partial charge in [0.05, 0.1) is 19.3 Å². The maximum Gasteiger partial charge on any atom is 0.193 e. The van der Waals surface area contributed by atoms with Gasteiger partial charge in [-0.3, -0.25) is 14.7 Å². The van der Waals surface area contributed by atoms with Crippen LogP contribution in [0.15, 0.2) is 35.8 Å². The standard InChI is InChI=1S/C14H21N7O.HI/c1-15-14(20(2)10-13-18-11-19-21(13)3)17-7-8-22-12-5-4-6-16-9-12;/h4-6,9,11H,7-8,10H2,1-3H3,(H,15,17);1H. The Morgan fingerprint density at radius 2 is 2.30 bits per heavy atom. The Hall–Kier alpha value is -1.91. The molecule has 0 atom stereocenters. The van der Waals surface area contributed by atoms with Crippen molar-refractivity contribution in [3.05, 3.63) is 36.7 Å². The van der Waals surface area contributed by atoms with E-state index in [0.29, 0.717) is 19.7 Å². The number of ether oxygens (including phenoxy) is 1. The Balaban J connectivity index is 0.00000264. The van der Waals surface area contributed by atoms with E-state index in [1.54, 1.807) is 30.5 Å². The van der Waals surface area contributed by atoms with Gasteiger partial charge in [0.2, 0.25) is 0 Å². The first-order valence-electron chi connectivity index (χ1n) is 6.98. The zero-order valence-corrected chi connectivity index (χ0v) is 15.8. The van der Waals surface area contributed by atoms with Crippen molar-refractivity contribution in [2.24, 2.45) is 12.0 Å². The van der Waals surface area contributed by atoms with E-state index in [9.17, 15) is 0 Å². The van der Waals surface area contributed by atoms with Gasteiger partial charge in [0.25, 0.3) is 0 Å². The lowest BCUT2D eigenvalue weighted by Gasteiger charge is -2.21. The van der Waals surface area contributed by atoms with Crippen molar-refractivity contribution in [3.63, 3.8) is 0 Å². The first-order chi connectivity index (χ1) is 10.7. The van der Waals surface area contributed by atoms with Crippen LogP contribution in [0, 0.1) is 0 Å². The molecule has 1 N–H and O–H groups in total. The van der Waals surface area contributed by atoms with E-state index in [2.05, 4.69) is 25.4 Å². The third kappa shape index (κ3) is 6.00. The molecule has 2 aromatic heterocycles. The van der Waals surface area contributed by atoms with Crippen molar-refractivity contribution in [2.75, 3.05) is 27.2 Å². The van der Waals surface area contributed by atoms with Crippen LogP contribution in [-0.2, 0) is 13.6 Å². The topological polar surface area (TPSA) is 80.5 Å². The van der Waals surface area contributed by atoms with Crippen LogP contribution in [0.1, 0.15) is 5.82 Å². The highest BCUT2D eigenvalue weighted by Gasteiger charge is 2.09. The van der Waals surface area contributed by atoms with Crippen molar-refractivity contribution in [1.29, 1.82) is 0 Å². The fourth-order valence-electron chi connectivity index (χ4n) is 1.90. The van der Waals surface area contributed by atoms with Crippen molar-refractivity contribution in [3.8, 4) is 5.75 Å². The minimum Gasteiger partial charge on any atom is -0.490 e. The molecule has 2 rings (SSSR count). The van der Waals surface area contributed by atoms with Crippen LogP contribution in [0.3, 0.4) is 0 Å². The van der Waals surface area contributed by atoms with Crippen molar-refractivity contribution < 1.29 is 4.74 Å². The minimum absolute atomic E-state index is 0. The molecule has 2 heterocycles. The molecule has 0 saturated heterocycles. The van der Waals surface area contributed by atoms with E-state index >= 15 is 0 Å². The quantitative estimate of drug-likeness (QED) is 0.317. The fourth-order valence-corrected chi connectivity index (χ4v) is 1.90. The first kappa shape index (κ1) is 19.1. The molecule has 0 spiro atoms. The van der Waals surface area contributed by atoms with E-state index in [1.165, 1.54) is 0 Å². The second-order valence-electron chi connectivity index (χ2n) is 4.67. The Bertz CT molecular complexity index is 602. The van der Waals surface area contributed by atoms with Crippen LogP contribution in [0.25, 0.3) is 0 Å². The van der Waals surface area contributed by atoms with Gasteiger partial charge in [0.15, 0.2) is 5.96 Å². The molecule has 8 nitrogen and oxygen atoms in total. The van der Waals surface area contributed by atoms with E-state index in [0.717, 1.165) is 17.5 Å². The summed E-state index contributed by atoms with van der Waals surface area (Å²) < 4.78 is 7.33. The maximum absolute atomic E-state index is 5.58. The SMILES string of the molecule is CN=C(NCCOc1cccnc1)N(C)Cc1ncnn1C.I. The van der Waals surface area contributed by atoms with Crippen LogP contribution < -0.4 is 10.1 Å².